The van der Waals surface area contributed by atoms with Crippen molar-refractivity contribution in [2.75, 3.05) is 6.61 Å². The summed E-state index contributed by atoms with van der Waals surface area (Å²) < 4.78 is 21.0. The molecule has 0 aliphatic carbocycles. The molecule has 3 aromatic carbocycles. The minimum absolute atomic E-state index is 0.122. The summed E-state index contributed by atoms with van der Waals surface area (Å²) in [6, 6.07) is 19.6. The number of halogens is 1. The van der Waals surface area contributed by atoms with Crippen LogP contribution in [0.5, 0.6) is 0 Å². The maximum atomic E-state index is 13.9. The Kier molecular flexibility index (Phi) is 5.96. The number of esters is 1. The molecule has 162 valence electrons. The summed E-state index contributed by atoms with van der Waals surface area (Å²) in [7, 11) is 0. The Morgan fingerprint density at radius 1 is 1.06 bits per heavy atom. The zero-order valence-electron chi connectivity index (χ0n) is 16.8. The molecule has 2 unspecified atom stereocenters. The van der Waals surface area contributed by atoms with Gasteiger partial charge in [-0.15, -0.1) is 0 Å². The van der Waals surface area contributed by atoms with E-state index in [9.17, 15) is 24.4 Å². The van der Waals surface area contributed by atoms with Gasteiger partial charge in [0.15, 0.2) is 0 Å². The number of hydrogen-bond donors (Lipinski definition) is 1. The molecule has 0 spiro atoms. The lowest BCUT2D eigenvalue weighted by atomic mass is 10.0. The number of benzene rings is 3. The van der Waals surface area contributed by atoms with Crippen molar-refractivity contribution in [1.29, 1.82) is 0 Å². The highest BCUT2D eigenvalue weighted by Gasteiger charge is 2.26. The van der Waals surface area contributed by atoms with Gasteiger partial charge in [-0.3, -0.25) is 10.1 Å². The highest BCUT2D eigenvalue weighted by molar-refractivity contribution is 5.89. The van der Waals surface area contributed by atoms with Crippen molar-refractivity contribution in [2.24, 2.45) is 0 Å². The molecule has 0 bridgehead atoms. The van der Waals surface area contributed by atoms with Crippen molar-refractivity contribution in [3.05, 3.63) is 112 Å². The molecule has 0 saturated heterocycles. The number of hydrogen-bond acceptors (Lipinski definition) is 5. The van der Waals surface area contributed by atoms with Crippen molar-refractivity contribution in [3.8, 4) is 0 Å². The van der Waals surface area contributed by atoms with Gasteiger partial charge in [0, 0.05) is 23.8 Å². The minimum Gasteiger partial charge on any atom is -0.459 e. The second kappa shape index (κ2) is 8.99. The molecule has 7 nitrogen and oxygen atoms in total. The standard InChI is InChI=1S/C24H19FN2O5/c25-19-6-3-5-18(14-19)23(26-13-12-16-4-1-2-7-21(16)26)22(28)15-32-24(29)17-8-10-20(11-9-17)27(30)31/h1-14,22-23,28H,15H2. The number of ether oxygens (including phenoxy) is 1. The zero-order chi connectivity index (χ0) is 22.7. The Labute approximate surface area is 182 Å². The van der Waals surface area contributed by atoms with E-state index in [1.807, 2.05) is 34.9 Å². The van der Waals surface area contributed by atoms with Gasteiger partial charge in [0.25, 0.3) is 5.69 Å². The molecule has 1 N–H and O–H groups in total. The van der Waals surface area contributed by atoms with E-state index < -0.39 is 28.9 Å². The van der Waals surface area contributed by atoms with Crippen LogP contribution >= 0.6 is 0 Å². The van der Waals surface area contributed by atoms with E-state index >= 15 is 0 Å². The highest BCUT2D eigenvalue weighted by atomic mass is 19.1. The summed E-state index contributed by atoms with van der Waals surface area (Å²) >= 11 is 0. The summed E-state index contributed by atoms with van der Waals surface area (Å²) in [6.07, 6.45) is 0.608. The fourth-order valence-corrected chi connectivity index (χ4v) is 3.66. The fourth-order valence-electron chi connectivity index (χ4n) is 3.66. The minimum atomic E-state index is -1.19. The Morgan fingerprint density at radius 3 is 2.53 bits per heavy atom. The molecule has 4 aromatic rings. The molecule has 32 heavy (non-hydrogen) atoms. The molecule has 4 rings (SSSR count). The predicted molar refractivity (Wildman–Crippen MR) is 116 cm³/mol. The van der Waals surface area contributed by atoms with E-state index in [-0.39, 0.29) is 17.9 Å². The molecule has 1 heterocycles. The molecular weight excluding hydrogens is 415 g/mol. The highest BCUT2D eigenvalue weighted by Crippen LogP contribution is 2.29. The Bertz CT molecular complexity index is 1270. The van der Waals surface area contributed by atoms with Crippen LogP contribution in [0.25, 0.3) is 10.9 Å². The van der Waals surface area contributed by atoms with Crippen LogP contribution in [0, 0.1) is 15.9 Å². The number of nitro groups is 1. The molecule has 0 fully saturated rings. The maximum absolute atomic E-state index is 13.9. The zero-order valence-corrected chi connectivity index (χ0v) is 16.8. The van der Waals surface area contributed by atoms with Crippen LogP contribution < -0.4 is 0 Å². The number of fused-ring (bicyclic) bond motifs is 1. The summed E-state index contributed by atoms with van der Waals surface area (Å²) in [5.74, 6) is -1.17. The average Bonchev–Trinajstić information content (AvgIpc) is 3.21. The van der Waals surface area contributed by atoms with Crippen molar-refractivity contribution >= 4 is 22.6 Å². The monoisotopic (exact) mass is 434 g/mol. The number of aromatic nitrogens is 1. The molecule has 0 aliphatic heterocycles. The fraction of sp³-hybridized carbons (Fsp3) is 0.125. The third kappa shape index (κ3) is 4.35. The molecule has 2 atom stereocenters. The summed E-state index contributed by atoms with van der Waals surface area (Å²) in [6.45, 7) is -0.358. The topological polar surface area (TPSA) is 94.6 Å². The lowest BCUT2D eigenvalue weighted by Gasteiger charge is -2.26. The summed E-state index contributed by atoms with van der Waals surface area (Å²) in [5, 5.41) is 22.7. The number of carbonyl (C=O) groups excluding carboxylic acids is 1. The van der Waals surface area contributed by atoms with E-state index in [1.165, 1.54) is 36.4 Å². The van der Waals surface area contributed by atoms with Gasteiger partial charge in [-0.05, 0) is 47.3 Å². The van der Waals surface area contributed by atoms with E-state index in [2.05, 4.69) is 0 Å². The van der Waals surface area contributed by atoms with E-state index in [0.29, 0.717) is 5.56 Å². The quantitative estimate of drug-likeness (QED) is 0.263. The number of rotatable bonds is 7. The van der Waals surface area contributed by atoms with Crippen LogP contribution in [0.3, 0.4) is 0 Å². The van der Waals surface area contributed by atoms with Gasteiger partial charge < -0.3 is 14.4 Å². The second-order valence-corrected chi connectivity index (χ2v) is 7.25. The van der Waals surface area contributed by atoms with Crippen molar-refractivity contribution in [2.45, 2.75) is 12.1 Å². The van der Waals surface area contributed by atoms with Gasteiger partial charge in [-0.2, -0.15) is 0 Å². The number of aliphatic hydroxyl groups is 1. The van der Waals surface area contributed by atoms with Crippen LogP contribution in [0.15, 0.2) is 85.1 Å². The molecular formula is C24H19FN2O5. The first kappa shape index (κ1) is 21.2. The van der Waals surface area contributed by atoms with Gasteiger partial charge in [0.05, 0.1) is 16.5 Å². The number of nitro benzene ring substituents is 1. The molecule has 0 aliphatic rings. The number of nitrogens with zero attached hydrogens (tertiary/aromatic N) is 2. The van der Waals surface area contributed by atoms with Gasteiger partial charge in [-0.25, -0.2) is 9.18 Å². The van der Waals surface area contributed by atoms with Crippen LogP contribution in [0.4, 0.5) is 10.1 Å². The van der Waals surface area contributed by atoms with Crippen LogP contribution in [-0.4, -0.2) is 33.3 Å². The van der Waals surface area contributed by atoms with Crippen LogP contribution in [0.2, 0.25) is 0 Å². The van der Waals surface area contributed by atoms with Crippen LogP contribution in [-0.2, 0) is 4.74 Å². The van der Waals surface area contributed by atoms with Gasteiger partial charge in [0.1, 0.15) is 18.5 Å². The van der Waals surface area contributed by atoms with Gasteiger partial charge >= 0.3 is 5.97 Å². The summed E-state index contributed by atoms with van der Waals surface area (Å²) in [4.78, 5) is 22.6. The third-order valence-corrected chi connectivity index (χ3v) is 5.18. The number of para-hydroxylation sites is 1. The van der Waals surface area contributed by atoms with Crippen molar-refractivity contribution < 1.29 is 24.0 Å². The third-order valence-electron chi connectivity index (χ3n) is 5.18. The molecule has 0 amide bonds. The molecule has 0 saturated carbocycles. The maximum Gasteiger partial charge on any atom is 0.338 e. The second-order valence-electron chi connectivity index (χ2n) is 7.25. The average molecular weight is 434 g/mol. The van der Waals surface area contributed by atoms with Gasteiger partial charge in [0.2, 0.25) is 0 Å². The Hall–Kier alpha value is -4.04. The molecule has 1 aromatic heterocycles. The SMILES string of the molecule is O=C(OCC(O)C(c1cccc(F)c1)n1ccc2ccccc21)c1ccc([N+](=O)[O-])cc1. The van der Waals surface area contributed by atoms with E-state index in [0.717, 1.165) is 10.9 Å². The molecule has 8 heteroatoms. The van der Waals surface area contributed by atoms with E-state index in [1.54, 1.807) is 18.3 Å². The normalized spacial score (nSPS) is 12.9. The van der Waals surface area contributed by atoms with Gasteiger partial charge in [-0.1, -0.05) is 30.3 Å². The van der Waals surface area contributed by atoms with Crippen LogP contribution in [0.1, 0.15) is 22.0 Å². The largest absolute Gasteiger partial charge is 0.459 e. The van der Waals surface area contributed by atoms with Crippen molar-refractivity contribution in [1.82, 2.24) is 4.57 Å². The lowest BCUT2D eigenvalue weighted by Crippen LogP contribution is -2.30. The smallest absolute Gasteiger partial charge is 0.338 e. The number of aliphatic hydroxyl groups excluding tert-OH is 1. The Morgan fingerprint density at radius 2 is 1.81 bits per heavy atom. The summed E-state index contributed by atoms with van der Waals surface area (Å²) in [5.41, 5.74) is 1.33. The predicted octanol–water partition coefficient (Wildman–Crippen LogP) is 4.50. The lowest BCUT2D eigenvalue weighted by molar-refractivity contribution is -0.384. The number of carbonyl (C=O) groups is 1. The first-order valence-electron chi connectivity index (χ1n) is 9.85. The Balaban J connectivity index is 1.58. The number of non-ortho nitro benzene ring substituents is 1. The van der Waals surface area contributed by atoms with Crippen molar-refractivity contribution in [3.63, 3.8) is 0 Å². The van der Waals surface area contributed by atoms with E-state index in [4.69, 9.17) is 4.74 Å². The first-order chi connectivity index (χ1) is 15.4. The first-order valence-corrected chi connectivity index (χ1v) is 9.85. The molecule has 0 radical (unpaired) electrons.